The summed E-state index contributed by atoms with van der Waals surface area (Å²) in [5, 5.41) is 9.57. The Hall–Kier alpha value is -0.800. The van der Waals surface area contributed by atoms with Gasteiger partial charge >= 0.3 is 0 Å². The summed E-state index contributed by atoms with van der Waals surface area (Å²) < 4.78 is 5.28. The van der Waals surface area contributed by atoms with E-state index in [4.69, 9.17) is 10.2 Å². The quantitative estimate of drug-likeness (QED) is 0.716. The van der Waals surface area contributed by atoms with Gasteiger partial charge in [0, 0.05) is 5.56 Å². The molecule has 0 aliphatic heterocycles. The van der Waals surface area contributed by atoms with E-state index < -0.39 is 6.10 Å². The van der Waals surface area contributed by atoms with Gasteiger partial charge in [-0.25, -0.2) is 0 Å². The van der Waals surface area contributed by atoms with Crippen LogP contribution >= 0.6 is 0 Å². The summed E-state index contributed by atoms with van der Waals surface area (Å²) >= 11 is 0. The SMILES string of the molecule is Cc1cc(C(O)CCN)c(C)o1. The van der Waals surface area contributed by atoms with Crippen molar-refractivity contribution in [1.82, 2.24) is 0 Å². The van der Waals surface area contributed by atoms with Gasteiger partial charge in [0.25, 0.3) is 0 Å². The van der Waals surface area contributed by atoms with Crippen molar-refractivity contribution in [3.63, 3.8) is 0 Å². The van der Waals surface area contributed by atoms with Crippen molar-refractivity contribution in [3.05, 3.63) is 23.2 Å². The van der Waals surface area contributed by atoms with Crippen LogP contribution in [0.2, 0.25) is 0 Å². The third-order valence-corrected chi connectivity index (χ3v) is 1.88. The van der Waals surface area contributed by atoms with Crippen molar-refractivity contribution in [1.29, 1.82) is 0 Å². The van der Waals surface area contributed by atoms with E-state index in [0.717, 1.165) is 17.1 Å². The standard InChI is InChI=1S/C9H15NO2/c1-6-5-8(7(2)12-6)9(11)3-4-10/h5,9,11H,3-4,10H2,1-2H3. The highest BCUT2D eigenvalue weighted by atomic mass is 16.3. The fourth-order valence-corrected chi connectivity index (χ4v) is 1.29. The van der Waals surface area contributed by atoms with Crippen molar-refractivity contribution in [2.45, 2.75) is 26.4 Å². The Kier molecular flexibility index (Phi) is 2.89. The van der Waals surface area contributed by atoms with Crippen molar-refractivity contribution in [2.75, 3.05) is 6.54 Å². The lowest BCUT2D eigenvalue weighted by Gasteiger charge is -2.06. The summed E-state index contributed by atoms with van der Waals surface area (Å²) in [4.78, 5) is 0. The number of aliphatic hydroxyl groups excluding tert-OH is 1. The van der Waals surface area contributed by atoms with Crippen LogP contribution in [-0.4, -0.2) is 11.7 Å². The molecule has 1 rings (SSSR count). The Morgan fingerprint density at radius 2 is 2.25 bits per heavy atom. The summed E-state index contributed by atoms with van der Waals surface area (Å²) in [6, 6.07) is 1.86. The monoisotopic (exact) mass is 169 g/mol. The largest absolute Gasteiger partial charge is 0.466 e. The van der Waals surface area contributed by atoms with Crippen LogP contribution in [0.25, 0.3) is 0 Å². The van der Waals surface area contributed by atoms with Gasteiger partial charge in [0.05, 0.1) is 6.10 Å². The zero-order valence-electron chi connectivity index (χ0n) is 7.50. The lowest BCUT2D eigenvalue weighted by atomic mass is 10.1. The van der Waals surface area contributed by atoms with Crippen LogP contribution in [0.3, 0.4) is 0 Å². The van der Waals surface area contributed by atoms with Gasteiger partial charge in [-0.1, -0.05) is 0 Å². The van der Waals surface area contributed by atoms with Crippen LogP contribution < -0.4 is 5.73 Å². The number of hydrogen-bond acceptors (Lipinski definition) is 3. The zero-order chi connectivity index (χ0) is 9.14. The van der Waals surface area contributed by atoms with Crippen molar-refractivity contribution < 1.29 is 9.52 Å². The van der Waals surface area contributed by atoms with Gasteiger partial charge in [-0.2, -0.15) is 0 Å². The molecule has 1 unspecified atom stereocenters. The molecule has 0 spiro atoms. The number of hydrogen-bond donors (Lipinski definition) is 2. The molecule has 3 nitrogen and oxygen atoms in total. The average molecular weight is 169 g/mol. The fraction of sp³-hybridized carbons (Fsp3) is 0.556. The van der Waals surface area contributed by atoms with Crippen LogP contribution in [0.4, 0.5) is 0 Å². The van der Waals surface area contributed by atoms with Crippen molar-refractivity contribution in [3.8, 4) is 0 Å². The van der Waals surface area contributed by atoms with Crippen LogP contribution in [0.15, 0.2) is 10.5 Å². The second-order valence-corrected chi connectivity index (χ2v) is 2.96. The lowest BCUT2D eigenvalue weighted by molar-refractivity contribution is 0.168. The molecule has 68 valence electrons. The van der Waals surface area contributed by atoms with E-state index >= 15 is 0 Å². The van der Waals surface area contributed by atoms with E-state index in [9.17, 15) is 5.11 Å². The van der Waals surface area contributed by atoms with Gasteiger partial charge in [0.2, 0.25) is 0 Å². The zero-order valence-corrected chi connectivity index (χ0v) is 7.50. The second-order valence-electron chi connectivity index (χ2n) is 2.96. The smallest absolute Gasteiger partial charge is 0.106 e. The molecule has 1 heterocycles. The molecule has 12 heavy (non-hydrogen) atoms. The number of aryl methyl sites for hydroxylation is 2. The molecule has 0 aliphatic carbocycles. The molecule has 1 aromatic rings. The molecule has 0 saturated heterocycles. The number of furan rings is 1. The Labute approximate surface area is 72.2 Å². The Balaban J connectivity index is 2.79. The predicted molar refractivity (Wildman–Crippen MR) is 46.8 cm³/mol. The minimum absolute atomic E-state index is 0.479. The van der Waals surface area contributed by atoms with Crippen LogP contribution in [-0.2, 0) is 0 Å². The molecule has 0 fully saturated rings. The Morgan fingerprint density at radius 3 is 2.67 bits per heavy atom. The van der Waals surface area contributed by atoms with E-state index in [1.807, 2.05) is 19.9 Å². The van der Waals surface area contributed by atoms with Crippen molar-refractivity contribution >= 4 is 0 Å². The topological polar surface area (TPSA) is 59.4 Å². The lowest BCUT2D eigenvalue weighted by Crippen LogP contribution is -2.06. The summed E-state index contributed by atoms with van der Waals surface area (Å²) in [7, 11) is 0. The summed E-state index contributed by atoms with van der Waals surface area (Å²) in [5.41, 5.74) is 6.19. The normalized spacial score (nSPS) is 13.3. The molecular weight excluding hydrogens is 154 g/mol. The molecule has 1 atom stereocenters. The minimum atomic E-state index is -0.479. The molecule has 0 amide bonds. The van der Waals surface area contributed by atoms with Gasteiger partial charge in [-0.05, 0) is 32.9 Å². The minimum Gasteiger partial charge on any atom is -0.466 e. The van der Waals surface area contributed by atoms with E-state index in [2.05, 4.69) is 0 Å². The first kappa shape index (κ1) is 9.29. The molecule has 0 aromatic carbocycles. The van der Waals surface area contributed by atoms with Crippen LogP contribution in [0, 0.1) is 13.8 Å². The van der Waals surface area contributed by atoms with Gasteiger partial charge in [-0.3, -0.25) is 0 Å². The van der Waals surface area contributed by atoms with Gasteiger partial charge in [0.15, 0.2) is 0 Å². The third-order valence-electron chi connectivity index (χ3n) is 1.88. The Morgan fingerprint density at radius 1 is 1.58 bits per heavy atom. The average Bonchev–Trinajstić information content (AvgIpc) is 2.30. The maximum Gasteiger partial charge on any atom is 0.106 e. The number of aliphatic hydroxyl groups is 1. The molecule has 0 aliphatic rings. The van der Waals surface area contributed by atoms with Crippen LogP contribution in [0.1, 0.15) is 29.6 Å². The molecule has 0 saturated carbocycles. The molecule has 3 heteroatoms. The summed E-state index contributed by atoms with van der Waals surface area (Å²) in [6.07, 6.45) is 0.104. The molecule has 1 aromatic heterocycles. The molecule has 3 N–H and O–H groups in total. The highest BCUT2D eigenvalue weighted by molar-refractivity contribution is 5.22. The van der Waals surface area contributed by atoms with E-state index in [-0.39, 0.29) is 0 Å². The first-order chi connectivity index (χ1) is 5.65. The first-order valence-electron chi connectivity index (χ1n) is 4.10. The molecule has 0 bridgehead atoms. The maximum atomic E-state index is 9.57. The van der Waals surface area contributed by atoms with Gasteiger partial charge in [0.1, 0.15) is 11.5 Å². The molecule has 0 radical (unpaired) electrons. The highest BCUT2D eigenvalue weighted by Crippen LogP contribution is 2.23. The van der Waals surface area contributed by atoms with E-state index in [0.29, 0.717) is 13.0 Å². The number of rotatable bonds is 3. The number of nitrogens with two attached hydrogens (primary N) is 1. The van der Waals surface area contributed by atoms with Crippen LogP contribution in [0.5, 0.6) is 0 Å². The first-order valence-corrected chi connectivity index (χ1v) is 4.10. The van der Waals surface area contributed by atoms with Crippen molar-refractivity contribution in [2.24, 2.45) is 5.73 Å². The summed E-state index contributed by atoms with van der Waals surface area (Å²) in [5.74, 6) is 1.62. The fourth-order valence-electron chi connectivity index (χ4n) is 1.29. The summed E-state index contributed by atoms with van der Waals surface area (Å²) in [6.45, 7) is 4.21. The highest BCUT2D eigenvalue weighted by Gasteiger charge is 2.12. The third kappa shape index (κ3) is 1.87. The predicted octanol–water partition coefficient (Wildman–Crippen LogP) is 1.28. The maximum absolute atomic E-state index is 9.57. The molecular formula is C9H15NO2. The van der Waals surface area contributed by atoms with Gasteiger partial charge in [-0.15, -0.1) is 0 Å². The van der Waals surface area contributed by atoms with E-state index in [1.165, 1.54) is 0 Å². The van der Waals surface area contributed by atoms with Gasteiger partial charge < -0.3 is 15.3 Å². The second kappa shape index (κ2) is 3.74. The Bertz CT molecular complexity index is 255. The van der Waals surface area contributed by atoms with E-state index in [1.54, 1.807) is 0 Å².